The molecule has 0 saturated carbocycles. The summed E-state index contributed by atoms with van der Waals surface area (Å²) in [7, 11) is -4.31. The molecule has 7 nitrogen and oxygen atoms in total. The first kappa shape index (κ1) is 9.18. The highest BCUT2D eigenvalue weighted by atomic mass is 31.2. The SMILES string of the molecule is O=COP(=O)(O)C1OCC(=O)O1. The Labute approximate surface area is 66.7 Å². The van der Waals surface area contributed by atoms with E-state index in [0.29, 0.717) is 0 Å². The molecule has 12 heavy (non-hydrogen) atoms. The minimum atomic E-state index is -4.31. The molecule has 1 heterocycles. The van der Waals surface area contributed by atoms with Gasteiger partial charge in [-0.25, -0.2) is 9.36 Å². The molecule has 1 aliphatic heterocycles. The third kappa shape index (κ3) is 1.82. The number of hydrogen-bond donors (Lipinski definition) is 1. The van der Waals surface area contributed by atoms with Gasteiger partial charge in [0.15, 0.2) is 0 Å². The van der Waals surface area contributed by atoms with Gasteiger partial charge in [0.05, 0.1) is 0 Å². The highest BCUT2D eigenvalue weighted by Gasteiger charge is 2.42. The number of carbonyl (C=O) groups is 2. The lowest BCUT2D eigenvalue weighted by Gasteiger charge is -2.12. The molecular formula is C4H5O7P. The third-order valence-electron chi connectivity index (χ3n) is 1.04. The van der Waals surface area contributed by atoms with Crippen molar-refractivity contribution in [1.29, 1.82) is 0 Å². The third-order valence-corrected chi connectivity index (χ3v) is 2.21. The van der Waals surface area contributed by atoms with Crippen molar-refractivity contribution in [3.8, 4) is 0 Å². The average molecular weight is 196 g/mol. The molecule has 0 aliphatic carbocycles. The molecule has 0 bridgehead atoms. The Morgan fingerprint density at radius 3 is 2.83 bits per heavy atom. The highest BCUT2D eigenvalue weighted by Crippen LogP contribution is 2.49. The van der Waals surface area contributed by atoms with Crippen LogP contribution in [-0.2, 0) is 28.2 Å². The smallest absolute Gasteiger partial charge is 0.420 e. The van der Waals surface area contributed by atoms with E-state index in [4.69, 9.17) is 4.89 Å². The first-order valence-corrected chi connectivity index (χ1v) is 4.46. The Kier molecular flexibility index (Phi) is 2.46. The Morgan fingerprint density at radius 2 is 2.42 bits per heavy atom. The Balaban J connectivity index is 2.63. The fourth-order valence-corrected chi connectivity index (χ4v) is 1.33. The highest BCUT2D eigenvalue weighted by molar-refractivity contribution is 7.53. The van der Waals surface area contributed by atoms with E-state index in [9.17, 15) is 14.2 Å². The van der Waals surface area contributed by atoms with Crippen LogP contribution in [0.5, 0.6) is 0 Å². The fraction of sp³-hybridized carbons (Fsp3) is 0.500. The molecule has 0 spiro atoms. The lowest BCUT2D eigenvalue weighted by Crippen LogP contribution is -2.10. The monoisotopic (exact) mass is 196 g/mol. The van der Waals surface area contributed by atoms with E-state index < -0.39 is 26.2 Å². The second-order valence-electron chi connectivity index (χ2n) is 1.87. The summed E-state index contributed by atoms with van der Waals surface area (Å²) in [5.74, 6) is -0.774. The number of rotatable bonds is 3. The van der Waals surface area contributed by atoms with Crippen LogP contribution in [0.3, 0.4) is 0 Å². The normalized spacial score (nSPS) is 27.4. The lowest BCUT2D eigenvalue weighted by molar-refractivity contribution is -0.140. The van der Waals surface area contributed by atoms with Gasteiger partial charge < -0.3 is 18.9 Å². The summed E-state index contributed by atoms with van der Waals surface area (Å²) < 4.78 is 23.3. The zero-order valence-corrected chi connectivity index (χ0v) is 6.60. The van der Waals surface area contributed by atoms with E-state index >= 15 is 0 Å². The van der Waals surface area contributed by atoms with Crippen molar-refractivity contribution in [3.63, 3.8) is 0 Å². The van der Waals surface area contributed by atoms with Gasteiger partial charge in [-0.2, -0.15) is 0 Å². The summed E-state index contributed by atoms with van der Waals surface area (Å²) in [5.41, 5.74) is 0. The summed E-state index contributed by atoms with van der Waals surface area (Å²) >= 11 is 0. The van der Waals surface area contributed by atoms with Crippen molar-refractivity contribution in [2.45, 2.75) is 6.03 Å². The molecule has 1 saturated heterocycles. The number of cyclic esters (lactones) is 1. The Hall–Kier alpha value is -0.910. The molecule has 1 aliphatic rings. The maximum Gasteiger partial charge on any atom is 0.447 e. The Bertz CT molecular complexity index is 248. The quantitative estimate of drug-likeness (QED) is 0.358. The fourth-order valence-electron chi connectivity index (χ4n) is 0.592. The first-order valence-electron chi connectivity index (χ1n) is 2.82. The molecule has 8 heteroatoms. The van der Waals surface area contributed by atoms with Crippen LogP contribution in [0.15, 0.2) is 0 Å². The van der Waals surface area contributed by atoms with Crippen LogP contribution in [0.4, 0.5) is 0 Å². The zero-order valence-electron chi connectivity index (χ0n) is 5.71. The van der Waals surface area contributed by atoms with Gasteiger partial charge >= 0.3 is 19.6 Å². The molecule has 0 aromatic heterocycles. The topological polar surface area (TPSA) is 99.1 Å². The zero-order chi connectivity index (χ0) is 9.19. The summed E-state index contributed by atoms with van der Waals surface area (Å²) in [6.45, 7) is -0.631. The van der Waals surface area contributed by atoms with Gasteiger partial charge in [0, 0.05) is 0 Å². The van der Waals surface area contributed by atoms with Crippen LogP contribution in [-0.4, -0.2) is 30.0 Å². The van der Waals surface area contributed by atoms with Crippen molar-refractivity contribution >= 4 is 20.0 Å². The van der Waals surface area contributed by atoms with Gasteiger partial charge in [0.1, 0.15) is 6.61 Å². The van der Waals surface area contributed by atoms with E-state index in [1.54, 1.807) is 0 Å². The van der Waals surface area contributed by atoms with Crippen molar-refractivity contribution < 1.29 is 33.0 Å². The van der Waals surface area contributed by atoms with Crippen LogP contribution >= 0.6 is 7.60 Å². The van der Waals surface area contributed by atoms with Gasteiger partial charge in [0.25, 0.3) is 6.47 Å². The molecule has 1 fully saturated rings. The van der Waals surface area contributed by atoms with E-state index in [1.807, 2.05) is 0 Å². The molecule has 1 N–H and O–H groups in total. The van der Waals surface area contributed by atoms with Crippen LogP contribution < -0.4 is 0 Å². The van der Waals surface area contributed by atoms with Crippen LogP contribution in [0.2, 0.25) is 0 Å². The molecule has 1 rings (SSSR count). The van der Waals surface area contributed by atoms with Crippen LogP contribution in [0.25, 0.3) is 0 Å². The summed E-state index contributed by atoms with van der Waals surface area (Å²) in [4.78, 5) is 28.9. The molecule has 0 radical (unpaired) electrons. The average Bonchev–Trinajstić information content (AvgIpc) is 2.36. The molecule has 0 aromatic carbocycles. The van der Waals surface area contributed by atoms with Gasteiger partial charge in [-0.15, -0.1) is 0 Å². The van der Waals surface area contributed by atoms with E-state index in [1.165, 1.54) is 0 Å². The van der Waals surface area contributed by atoms with Gasteiger partial charge in [-0.05, 0) is 0 Å². The molecule has 68 valence electrons. The minimum absolute atomic E-state index is 0.212. The van der Waals surface area contributed by atoms with E-state index in [2.05, 4.69) is 14.0 Å². The number of hydrogen-bond acceptors (Lipinski definition) is 6. The predicted molar refractivity (Wildman–Crippen MR) is 32.8 cm³/mol. The molecule has 2 atom stereocenters. The maximum atomic E-state index is 10.9. The number of esters is 1. The van der Waals surface area contributed by atoms with Crippen molar-refractivity contribution in [2.24, 2.45) is 0 Å². The number of carbonyl (C=O) groups excluding carboxylic acids is 2. The number of ether oxygens (including phenoxy) is 2. The molecular weight excluding hydrogens is 191 g/mol. The Morgan fingerprint density at radius 1 is 1.75 bits per heavy atom. The van der Waals surface area contributed by atoms with Crippen molar-refractivity contribution in [1.82, 2.24) is 0 Å². The summed E-state index contributed by atoms with van der Waals surface area (Å²) in [6, 6.07) is -1.69. The van der Waals surface area contributed by atoms with Crippen molar-refractivity contribution in [2.75, 3.05) is 6.61 Å². The molecule has 0 aromatic rings. The van der Waals surface area contributed by atoms with Crippen LogP contribution in [0.1, 0.15) is 0 Å². The van der Waals surface area contributed by atoms with Gasteiger partial charge in [0.2, 0.25) is 0 Å². The summed E-state index contributed by atoms with van der Waals surface area (Å²) in [5, 5.41) is 0. The molecule has 0 amide bonds. The van der Waals surface area contributed by atoms with E-state index in [-0.39, 0.29) is 6.47 Å². The van der Waals surface area contributed by atoms with Gasteiger partial charge in [-0.1, -0.05) is 0 Å². The van der Waals surface area contributed by atoms with Crippen LogP contribution in [0, 0.1) is 0 Å². The minimum Gasteiger partial charge on any atom is -0.420 e. The second kappa shape index (κ2) is 3.22. The van der Waals surface area contributed by atoms with Crippen molar-refractivity contribution in [3.05, 3.63) is 0 Å². The second-order valence-corrected chi connectivity index (χ2v) is 3.63. The standard InChI is InChI=1S/C4H5O7P/c5-2-10-12(7,8)4-9-1-3(6)11-4/h2,4H,1H2,(H,7,8). The predicted octanol–water partition coefficient (Wildman–Crippen LogP) is -0.798. The van der Waals surface area contributed by atoms with Gasteiger partial charge in [-0.3, -0.25) is 4.79 Å². The maximum absolute atomic E-state index is 10.9. The molecule has 2 unspecified atom stereocenters. The lowest BCUT2D eigenvalue weighted by atomic mass is 10.8. The first-order chi connectivity index (χ1) is 5.56. The van der Waals surface area contributed by atoms with E-state index in [0.717, 1.165) is 0 Å². The largest absolute Gasteiger partial charge is 0.447 e. The summed E-state index contributed by atoms with van der Waals surface area (Å²) in [6.07, 6.45) is 0.